The molecular weight excluding hydrogens is 180 g/mol. The minimum absolute atomic E-state index is 0.733. The molecule has 1 aromatic rings. The fourth-order valence-electron chi connectivity index (χ4n) is 0.901. The van der Waals surface area contributed by atoms with Crippen LogP contribution < -0.4 is 5.32 Å². The molecular formula is C10H16N2S. The minimum Gasteiger partial charge on any atom is -0.373 e. The summed E-state index contributed by atoms with van der Waals surface area (Å²) in [5, 5.41) is 3.03. The monoisotopic (exact) mass is 196 g/mol. The van der Waals surface area contributed by atoms with E-state index in [1.165, 1.54) is 4.90 Å². The maximum Gasteiger partial charge on any atom is 0.126 e. The highest BCUT2D eigenvalue weighted by Crippen LogP contribution is 2.21. The molecule has 1 aromatic heterocycles. The Morgan fingerprint density at radius 2 is 2.31 bits per heavy atom. The van der Waals surface area contributed by atoms with Crippen molar-refractivity contribution in [3.05, 3.63) is 18.3 Å². The molecule has 0 bridgehead atoms. The highest BCUT2D eigenvalue weighted by atomic mass is 32.2. The SMILES string of the molecule is CNc1cc(SCC(C)C)ccn1. The first-order valence-corrected chi connectivity index (χ1v) is 5.47. The topological polar surface area (TPSA) is 24.9 Å². The molecule has 0 aliphatic rings. The Morgan fingerprint density at radius 1 is 1.54 bits per heavy atom. The van der Waals surface area contributed by atoms with E-state index in [1.807, 2.05) is 31.1 Å². The standard InChI is InChI=1S/C10H16N2S/c1-8(2)7-13-9-4-5-12-10(6-9)11-3/h4-6,8H,7H2,1-3H3,(H,11,12). The molecule has 0 unspecified atom stereocenters. The van der Waals surface area contributed by atoms with Gasteiger partial charge in [0.05, 0.1) is 0 Å². The summed E-state index contributed by atoms with van der Waals surface area (Å²) >= 11 is 1.88. The maximum absolute atomic E-state index is 4.16. The zero-order valence-corrected chi connectivity index (χ0v) is 9.19. The smallest absolute Gasteiger partial charge is 0.126 e. The Morgan fingerprint density at radius 3 is 2.92 bits per heavy atom. The van der Waals surface area contributed by atoms with Crippen molar-refractivity contribution in [1.82, 2.24) is 4.98 Å². The third-order valence-electron chi connectivity index (χ3n) is 1.57. The molecule has 3 heteroatoms. The van der Waals surface area contributed by atoms with Gasteiger partial charge in [-0.3, -0.25) is 0 Å². The number of thioether (sulfide) groups is 1. The van der Waals surface area contributed by atoms with Crippen molar-refractivity contribution in [2.45, 2.75) is 18.7 Å². The number of pyridine rings is 1. The molecule has 0 aliphatic heterocycles. The summed E-state index contributed by atoms with van der Waals surface area (Å²) in [4.78, 5) is 5.45. The first-order valence-electron chi connectivity index (χ1n) is 4.49. The quantitative estimate of drug-likeness (QED) is 0.750. The van der Waals surface area contributed by atoms with E-state index in [1.54, 1.807) is 0 Å². The van der Waals surface area contributed by atoms with Gasteiger partial charge >= 0.3 is 0 Å². The maximum atomic E-state index is 4.16. The molecule has 72 valence electrons. The molecule has 1 heterocycles. The van der Waals surface area contributed by atoms with Crippen molar-refractivity contribution >= 4 is 17.6 Å². The van der Waals surface area contributed by atoms with E-state index >= 15 is 0 Å². The van der Waals surface area contributed by atoms with E-state index in [2.05, 4.69) is 30.2 Å². The molecule has 0 aliphatic carbocycles. The lowest BCUT2D eigenvalue weighted by molar-refractivity contribution is 0.750. The van der Waals surface area contributed by atoms with Gasteiger partial charge in [-0.25, -0.2) is 4.98 Å². The number of anilines is 1. The summed E-state index contributed by atoms with van der Waals surface area (Å²) < 4.78 is 0. The summed E-state index contributed by atoms with van der Waals surface area (Å²) in [6.07, 6.45) is 1.84. The second-order valence-corrected chi connectivity index (χ2v) is 4.43. The van der Waals surface area contributed by atoms with Crippen molar-refractivity contribution in [3.63, 3.8) is 0 Å². The van der Waals surface area contributed by atoms with Crippen LogP contribution in [0.1, 0.15) is 13.8 Å². The molecule has 0 saturated heterocycles. The van der Waals surface area contributed by atoms with Gasteiger partial charge in [0.1, 0.15) is 5.82 Å². The molecule has 0 saturated carbocycles. The predicted molar refractivity (Wildman–Crippen MR) is 59.3 cm³/mol. The Hall–Kier alpha value is -0.700. The van der Waals surface area contributed by atoms with Crippen LogP contribution in [0.15, 0.2) is 23.2 Å². The summed E-state index contributed by atoms with van der Waals surface area (Å²) in [6, 6.07) is 4.13. The first-order chi connectivity index (χ1) is 6.22. The number of nitrogens with one attached hydrogen (secondary N) is 1. The molecule has 0 amide bonds. The van der Waals surface area contributed by atoms with Gasteiger partial charge in [-0.1, -0.05) is 13.8 Å². The Balaban J connectivity index is 2.56. The van der Waals surface area contributed by atoms with Gasteiger partial charge in [0.25, 0.3) is 0 Å². The van der Waals surface area contributed by atoms with E-state index in [0.717, 1.165) is 17.5 Å². The van der Waals surface area contributed by atoms with Crippen LogP contribution in [0, 0.1) is 5.92 Å². The zero-order chi connectivity index (χ0) is 9.68. The lowest BCUT2D eigenvalue weighted by Crippen LogP contribution is -1.93. The Bertz CT molecular complexity index is 261. The number of rotatable bonds is 4. The van der Waals surface area contributed by atoms with Gasteiger partial charge in [-0.05, 0) is 18.1 Å². The second kappa shape index (κ2) is 5.12. The largest absolute Gasteiger partial charge is 0.373 e. The number of nitrogens with zero attached hydrogens (tertiary/aromatic N) is 1. The first kappa shape index (κ1) is 10.4. The lowest BCUT2D eigenvalue weighted by atomic mass is 10.3. The van der Waals surface area contributed by atoms with Crippen LogP contribution in [-0.4, -0.2) is 17.8 Å². The fraction of sp³-hybridized carbons (Fsp3) is 0.500. The highest BCUT2D eigenvalue weighted by Gasteiger charge is 1.98. The van der Waals surface area contributed by atoms with Crippen LogP contribution in [0.3, 0.4) is 0 Å². The van der Waals surface area contributed by atoms with Crippen molar-refractivity contribution < 1.29 is 0 Å². The Labute approximate surface area is 84.1 Å². The number of hydrogen-bond acceptors (Lipinski definition) is 3. The average molecular weight is 196 g/mol. The molecule has 13 heavy (non-hydrogen) atoms. The molecule has 0 aromatic carbocycles. The normalized spacial score (nSPS) is 10.5. The van der Waals surface area contributed by atoms with E-state index in [-0.39, 0.29) is 0 Å². The molecule has 1 N–H and O–H groups in total. The van der Waals surface area contributed by atoms with Gasteiger partial charge in [-0.15, -0.1) is 11.8 Å². The van der Waals surface area contributed by atoms with Gasteiger partial charge in [-0.2, -0.15) is 0 Å². The molecule has 0 fully saturated rings. The van der Waals surface area contributed by atoms with Crippen LogP contribution in [0.2, 0.25) is 0 Å². The van der Waals surface area contributed by atoms with E-state index in [4.69, 9.17) is 0 Å². The second-order valence-electron chi connectivity index (χ2n) is 3.33. The van der Waals surface area contributed by atoms with Crippen molar-refractivity contribution in [2.24, 2.45) is 5.92 Å². The molecule has 1 rings (SSSR count). The van der Waals surface area contributed by atoms with E-state index in [0.29, 0.717) is 0 Å². The summed E-state index contributed by atoms with van der Waals surface area (Å²) in [7, 11) is 1.89. The van der Waals surface area contributed by atoms with Gasteiger partial charge < -0.3 is 5.32 Å². The summed E-state index contributed by atoms with van der Waals surface area (Å²) in [5.41, 5.74) is 0. The van der Waals surface area contributed by atoms with Crippen LogP contribution in [0.5, 0.6) is 0 Å². The van der Waals surface area contributed by atoms with Crippen molar-refractivity contribution in [3.8, 4) is 0 Å². The summed E-state index contributed by atoms with van der Waals surface area (Å²) in [6.45, 7) is 4.46. The van der Waals surface area contributed by atoms with E-state index in [9.17, 15) is 0 Å². The molecule has 0 atom stereocenters. The summed E-state index contributed by atoms with van der Waals surface area (Å²) in [5.74, 6) is 2.83. The predicted octanol–water partition coefficient (Wildman–Crippen LogP) is 2.87. The third kappa shape index (κ3) is 3.68. The fourth-order valence-corrected chi connectivity index (χ4v) is 1.78. The molecule has 2 nitrogen and oxygen atoms in total. The van der Waals surface area contributed by atoms with E-state index < -0.39 is 0 Å². The Kier molecular flexibility index (Phi) is 4.09. The lowest BCUT2D eigenvalue weighted by Gasteiger charge is -2.05. The molecule has 0 spiro atoms. The van der Waals surface area contributed by atoms with Gasteiger partial charge in [0, 0.05) is 23.9 Å². The van der Waals surface area contributed by atoms with Crippen LogP contribution in [0.4, 0.5) is 5.82 Å². The number of aromatic nitrogens is 1. The van der Waals surface area contributed by atoms with Gasteiger partial charge in [0.15, 0.2) is 0 Å². The van der Waals surface area contributed by atoms with Gasteiger partial charge in [0.2, 0.25) is 0 Å². The van der Waals surface area contributed by atoms with Crippen LogP contribution in [-0.2, 0) is 0 Å². The molecule has 0 radical (unpaired) electrons. The minimum atomic E-state index is 0.733. The highest BCUT2D eigenvalue weighted by molar-refractivity contribution is 7.99. The van der Waals surface area contributed by atoms with Crippen molar-refractivity contribution in [2.75, 3.05) is 18.1 Å². The number of hydrogen-bond donors (Lipinski definition) is 1. The van der Waals surface area contributed by atoms with Crippen molar-refractivity contribution in [1.29, 1.82) is 0 Å². The third-order valence-corrected chi connectivity index (χ3v) is 2.99. The van der Waals surface area contributed by atoms with Crippen LogP contribution >= 0.6 is 11.8 Å². The average Bonchev–Trinajstić information content (AvgIpc) is 2.15. The zero-order valence-electron chi connectivity index (χ0n) is 8.37. The van der Waals surface area contributed by atoms with Crippen LogP contribution in [0.25, 0.3) is 0 Å².